The molecule has 0 aliphatic rings. The summed E-state index contributed by atoms with van der Waals surface area (Å²) < 4.78 is 9.12. The van der Waals surface area contributed by atoms with Crippen LogP contribution in [-0.4, -0.2) is 30.9 Å². The summed E-state index contributed by atoms with van der Waals surface area (Å²) in [6.07, 6.45) is 0.411. The molecular formula is C9H14O5. The van der Waals surface area contributed by atoms with Gasteiger partial charge in [-0.15, -0.1) is 0 Å². The van der Waals surface area contributed by atoms with Crippen molar-refractivity contribution in [3.63, 3.8) is 0 Å². The van der Waals surface area contributed by atoms with Crippen LogP contribution >= 0.6 is 0 Å². The molecule has 0 aromatic carbocycles. The summed E-state index contributed by atoms with van der Waals surface area (Å²) in [4.78, 5) is 32.1. The average Bonchev–Trinajstić information content (AvgIpc) is 2.02. The van der Waals surface area contributed by atoms with Gasteiger partial charge in [0, 0.05) is 6.61 Å². The fourth-order valence-corrected chi connectivity index (χ4v) is 0.696. The Morgan fingerprint density at radius 1 is 1.14 bits per heavy atom. The number of esters is 2. The van der Waals surface area contributed by atoms with Crippen molar-refractivity contribution in [3.8, 4) is 0 Å². The van der Waals surface area contributed by atoms with Crippen molar-refractivity contribution in [2.24, 2.45) is 0 Å². The van der Waals surface area contributed by atoms with Crippen molar-refractivity contribution in [1.82, 2.24) is 0 Å². The van der Waals surface area contributed by atoms with E-state index in [1.54, 1.807) is 0 Å². The highest BCUT2D eigenvalue weighted by molar-refractivity contribution is 5.98. The number of carbonyl (C=O) groups excluding carboxylic acids is 3. The molecule has 0 aromatic rings. The number of ketones is 1. The fourth-order valence-electron chi connectivity index (χ4n) is 0.696. The molecule has 0 N–H and O–H groups in total. The van der Waals surface area contributed by atoms with Crippen molar-refractivity contribution < 1.29 is 23.9 Å². The van der Waals surface area contributed by atoms with E-state index in [9.17, 15) is 14.4 Å². The molecule has 0 unspecified atom stereocenters. The number of Topliss-reactive ketones (excluding diaryl/α,β-unsaturated/α-hetero) is 1. The molecular weight excluding hydrogens is 188 g/mol. The van der Waals surface area contributed by atoms with Crippen LogP contribution < -0.4 is 0 Å². The molecule has 0 saturated heterocycles. The van der Waals surface area contributed by atoms with Gasteiger partial charge in [0.2, 0.25) is 0 Å². The molecule has 0 rings (SSSR count). The maximum atomic E-state index is 10.8. The minimum atomic E-state index is -0.831. The lowest BCUT2D eigenvalue weighted by atomic mass is 10.3. The Bertz CT molecular complexity index is 221. The van der Waals surface area contributed by atoms with E-state index in [1.165, 1.54) is 6.92 Å². The lowest BCUT2D eigenvalue weighted by Gasteiger charge is -2.01. The van der Waals surface area contributed by atoms with Gasteiger partial charge in [-0.2, -0.15) is 0 Å². The zero-order valence-electron chi connectivity index (χ0n) is 8.37. The third-order valence-corrected chi connectivity index (χ3v) is 1.19. The summed E-state index contributed by atoms with van der Waals surface area (Å²) >= 11 is 0. The first kappa shape index (κ1) is 12.8. The Kier molecular flexibility index (Phi) is 6.57. The molecule has 0 atom stereocenters. The van der Waals surface area contributed by atoms with Gasteiger partial charge in [-0.3, -0.25) is 9.59 Å². The first-order valence-electron chi connectivity index (χ1n) is 4.37. The summed E-state index contributed by atoms with van der Waals surface area (Å²) in [6, 6.07) is 0. The summed E-state index contributed by atoms with van der Waals surface area (Å²) in [6.45, 7) is 3.33. The van der Waals surface area contributed by atoms with Gasteiger partial charge in [0.05, 0.1) is 0 Å². The molecule has 0 heterocycles. The van der Waals surface area contributed by atoms with Crippen LogP contribution in [0.4, 0.5) is 0 Å². The molecule has 0 aliphatic carbocycles. The quantitative estimate of drug-likeness (QED) is 0.355. The molecule has 0 aromatic heterocycles. The van der Waals surface area contributed by atoms with E-state index < -0.39 is 11.9 Å². The minimum absolute atomic E-state index is 0.252. The number of hydrogen-bond acceptors (Lipinski definition) is 5. The van der Waals surface area contributed by atoms with E-state index in [1.807, 2.05) is 6.92 Å². The second kappa shape index (κ2) is 7.20. The van der Waals surface area contributed by atoms with Crippen LogP contribution in [0.3, 0.4) is 0 Å². The topological polar surface area (TPSA) is 69.7 Å². The molecule has 14 heavy (non-hydrogen) atoms. The first-order chi connectivity index (χ1) is 6.56. The maximum absolute atomic E-state index is 10.8. The van der Waals surface area contributed by atoms with Crippen LogP contribution in [0.15, 0.2) is 0 Å². The van der Waals surface area contributed by atoms with Crippen molar-refractivity contribution in [2.45, 2.75) is 26.7 Å². The van der Waals surface area contributed by atoms with Crippen LogP contribution in [0.1, 0.15) is 26.7 Å². The van der Waals surface area contributed by atoms with Crippen molar-refractivity contribution in [1.29, 1.82) is 0 Å². The van der Waals surface area contributed by atoms with Crippen LogP contribution in [0, 0.1) is 0 Å². The lowest BCUT2D eigenvalue weighted by Crippen LogP contribution is -2.19. The zero-order chi connectivity index (χ0) is 11.0. The second-order valence-corrected chi connectivity index (χ2v) is 2.78. The van der Waals surface area contributed by atoms with Gasteiger partial charge in [-0.25, -0.2) is 4.79 Å². The highest BCUT2D eigenvalue weighted by Gasteiger charge is 2.11. The van der Waals surface area contributed by atoms with Gasteiger partial charge in [0.15, 0.2) is 0 Å². The highest BCUT2D eigenvalue weighted by Crippen LogP contribution is 1.90. The van der Waals surface area contributed by atoms with Crippen LogP contribution in [0.5, 0.6) is 0 Å². The van der Waals surface area contributed by atoms with Crippen LogP contribution in [0.2, 0.25) is 0 Å². The van der Waals surface area contributed by atoms with Gasteiger partial charge in [-0.05, 0) is 13.3 Å². The predicted molar refractivity (Wildman–Crippen MR) is 47.5 cm³/mol. The van der Waals surface area contributed by atoms with Gasteiger partial charge in [0.1, 0.15) is 18.8 Å². The van der Waals surface area contributed by atoms with Gasteiger partial charge < -0.3 is 9.47 Å². The highest BCUT2D eigenvalue weighted by atomic mass is 16.6. The molecule has 0 bridgehead atoms. The summed E-state index contributed by atoms with van der Waals surface area (Å²) in [7, 11) is 0. The van der Waals surface area contributed by atoms with E-state index in [-0.39, 0.29) is 18.8 Å². The Hall–Kier alpha value is -1.23. The molecule has 5 nitrogen and oxygen atoms in total. The minimum Gasteiger partial charge on any atom is -0.391 e. The zero-order valence-corrected chi connectivity index (χ0v) is 8.37. The van der Waals surface area contributed by atoms with Crippen LogP contribution in [-0.2, 0) is 23.9 Å². The van der Waals surface area contributed by atoms with Crippen molar-refractivity contribution in [2.75, 3.05) is 13.2 Å². The predicted octanol–water partition coefficient (Wildman–Crippen LogP) is 0.462. The SMILES string of the molecule is CCCOCC(=O)OC(=O)CC(C)=O. The number of carbonyl (C=O) groups is 3. The molecule has 0 fully saturated rings. The van der Waals surface area contributed by atoms with E-state index in [2.05, 4.69) is 4.74 Å². The molecule has 0 aliphatic heterocycles. The Balaban J connectivity index is 3.61. The molecule has 0 amide bonds. The maximum Gasteiger partial charge on any atom is 0.339 e. The van der Waals surface area contributed by atoms with Gasteiger partial charge in [0.25, 0.3) is 0 Å². The van der Waals surface area contributed by atoms with Crippen LogP contribution in [0.25, 0.3) is 0 Å². The fraction of sp³-hybridized carbons (Fsp3) is 0.667. The third-order valence-electron chi connectivity index (χ3n) is 1.19. The smallest absolute Gasteiger partial charge is 0.339 e. The largest absolute Gasteiger partial charge is 0.391 e. The van der Waals surface area contributed by atoms with E-state index in [0.29, 0.717) is 6.61 Å². The second-order valence-electron chi connectivity index (χ2n) is 2.78. The van der Waals surface area contributed by atoms with Crippen molar-refractivity contribution >= 4 is 17.7 Å². The molecule has 0 saturated carbocycles. The molecule has 0 spiro atoms. The van der Waals surface area contributed by atoms with E-state index in [4.69, 9.17) is 4.74 Å². The van der Waals surface area contributed by atoms with Crippen molar-refractivity contribution in [3.05, 3.63) is 0 Å². The van der Waals surface area contributed by atoms with Gasteiger partial charge >= 0.3 is 11.9 Å². The third kappa shape index (κ3) is 7.42. The molecule has 5 heteroatoms. The first-order valence-corrected chi connectivity index (χ1v) is 4.37. The number of ether oxygens (including phenoxy) is 2. The van der Waals surface area contributed by atoms with E-state index >= 15 is 0 Å². The number of hydrogen-bond donors (Lipinski definition) is 0. The average molecular weight is 202 g/mol. The van der Waals surface area contributed by atoms with E-state index in [0.717, 1.165) is 6.42 Å². The normalized spacial score (nSPS) is 9.57. The van der Waals surface area contributed by atoms with Gasteiger partial charge in [-0.1, -0.05) is 6.92 Å². The standard InChI is InChI=1S/C9H14O5/c1-3-4-13-6-9(12)14-8(11)5-7(2)10/h3-6H2,1-2H3. The molecule has 0 radical (unpaired) electrons. The Labute approximate surface area is 82.4 Å². The summed E-state index contributed by atoms with van der Waals surface area (Å²) in [5, 5.41) is 0. The lowest BCUT2D eigenvalue weighted by molar-refractivity contribution is -0.163. The number of rotatable bonds is 6. The molecule has 80 valence electrons. The Morgan fingerprint density at radius 3 is 2.29 bits per heavy atom. The summed E-state index contributed by atoms with van der Waals surface area (Å²) in [5.74, 6) is -1.93. The Morgan fingerprint density at radius 2 is 1.79 bits per heavy atom. The monoisotopic (exact) mass is 202 g/mol. The summed E-state index contributed by atoms with van der Waals surface area (Å²) in [5.41, 5.74) is 0.